The van der Waals surface area contributed by atoms with Crippen molar-refractivity contribution in [1.82, 2.24) is 10.2 Å². The minimum atomic E-state index is -0.979. The number of aromatic nitrogens is 2. The lowest BCUT2D eigenvalue weighted by Gasteiger charge is -2.23. The third-order valence-corrected chi connectivity index (χ3v) is 4.34. The lowest BCUT2D eigenvalue weighted by atomic mass is 9.95. The van der Waals surface area contributed by atoms with E-state index in [0.29, 0.717) is 11.8 Å². The highest BCUT2D eigenvalue weighted by Gasteiger charge is 2.47. The van der Waals surface area contributed by atoms with Crippen LogP contribution in [0, 0.1) is 6.92 Å². The molecule has 3 rings (SSSR count). The number of hydrogen-bond acceptors (Lipinski definition) is 4. The Morgan fingerprint density at radius 2 is 2.05 bits per heavy atom. The van der Waals surface area contributed by atoms with Crippen molar-refractivity contribution in [3.63, 3.8) is 0 Å². The molecule has 6 heteroatoms. The highest BCUT2D eigenvalue weighted by Crippen LogP contribution is 2.44. The Hall–Kier alpha value is -1.72. The van der Waals surface area contributed by atoms with Gasteiger partial charge in [0.15, 0.2) is 10.8 Å². The number of hydrogen-bond donors (Lipinski definition) is 0. The van der Waals surface area contributed by atoms with E-state index in [1.807, 2.05) is 26.0 Å². The average molecular weight is 306 g/mol. The molecule has 1 aliphatic heterocycles. The summed E-state index contributed by atoms with van der Waals surface area (Å²) in [7, 11) is 1.75. The molecule has 2 heterocycles. The van der Waals surface area contributed by atoms with Gasteiger partial charge < -0.3 is 9.64 Å². The third kappa shape index (κ3) is 1.84. The maximum Gasteiger partial charge on any atom is 0.263 e. The van der Waals surface area contributed by atoms with Crippen LogP contribution in [0.4, 0.5) is 5.69 Å². The third-order valence-electron chi connectivity index (χ3n) is 4.06. The van der Waals surface area contributed by atoms with E-state index in [2.05, 4.69) is 10.2 Å². The second-order valence-electron chi connectivity index (χ2n) is 5.32. The minimum Gasteiger partial charge on any atom is -0.361 e. The molecule has 0 saturated heterocycles. The first-order valence-electron chi connectivity index (χ1n) is 6.79. The molecule has 0 bridgehead atoms. The van der Waals surface area contributed by atoms with Crippen molar-refractivity contribution in [2.75, 3.05) is 18.6 Å². The molecule has 1 amide bonds. The van der Waals surface area contributed by atoms with Gasteiger partial charge in [0.05, 0.1) is 11.4 Å². The van der Waals surface area contributed by atoms with Crippen molar-refractivity contribution >= 4 is 34.0 Å². The van der Waals surface area contributed by atoms with Crippen LogP contribution in [0.15, 0.2) is 12.1 Å². The maximum atomic E-state index is 12.6. The summed E-state index contributed by atoms with van der Waals surface area (Å²) >= 11 is 6.16. The van der Waals surface area contributed by atoms with E-state index in [0.717, 1.165) is 27.7 Å². The van der Waals surface area contributed by atoms with Crippen molar-refractivity contribution in [3.8, 4) is 0 Å². The Labute approximate surface area is 127 Å². The molecule has 0 radical (unpaired) electrons. The standard InChI is InChI=1S/C15H16ClN3O2/c1-5-21-15(3)11-6-10-9(8(2)17-18-13(10)16)7-12(11)19(4)14(15)20/h6-7H,5H2,1-4H3. The zero-order valence-electron chi connectivity index (χ0n) is 12.4. The van der Waals surface area contributed by atoms with Crippen molar-refractivity contribution in [1.29, 1.82) is 0 Å². The highest BCUT2D eigenvalue weighted by atomic mass is 35.5. The average Bonchev–Trinajstić information content (AvgIpc) is 2.65. The number of amides is 1. The molecule has 2 aromatic rings. The van der Waals surface area contributed by atoms with Crippen LogP contribution in [0.3, 0.4) is 0 Å². The fourth-order valence-corrected chi connectivity index (χ4v) is 3.11. The first-order valence-corrected chi connectivity index (χ1v) is 7.17. The number of ether oxygens (including phenoxy) is 1. The predicted octanol–water partition coefficient (Wildman–Crippen LogP) is 2.82. The molecule has 1 unspecified atom stereocenters. The molecule has 1 aromatic heterocycles. The highest BCUT2D eigenvalue weighted by molar-refractivity contribution is 6.34. The molecule has 0 aliphatic carbocycles. The molecular formula is C15H16ClN3O2. The fraction of sp³-hybridized carbons (Fsp3) is 0.400. The summed E-state index contributed by atoms with van der Waals surface area (Å²) in [4.78, 5) is 14.2. The number of anilines is 1. The van der Waals surface area contributed by atoms with E-state index in [1.165, 1.54) is 0 Å². The van der Waals surface area contributed by atoms with Crippen molar-refractivity contribution < 1.29 is 9.53 Å². The molecule has 0 saturated carbocycles. The van der Waals surface area contributed by atoms with Crippen LogP contribution >= 0.6 is 11.6 Å². The van der Waals surface area contributed by atoms with Gasteiger partial charge in [-0.1, -0.05) is 11.6 Å². The molecule has 0 N–H and O–H groups in total. The summed E-state index contributed by atoms with van der Waals surface area (Å²) in [5.41, 5.74) is 1.45. The van der Waals surface area contributed by atoms with E-state index < -0.39 is 5.60 Å². The van der Waals surface area contributed by atoms with Crippen LogP contribution in [-0.2, 0) is 15.1 Å². The van der Waals surface area contributed by atoms with Gasteiger partial charge >= 0.3 is 0 Å². The second-order valence-corrected chi connectivity index (χ2v) is 5.68. The van der Waals surface area contributed by atoms with E-state index >= 15 is 0 Å². The number of carbonyl (C=O) groups excluding carboxylic acids is 1. The molecule has 5 nitrogen and oxygen atoms in total. The van der Waals surface area contributed by atoms with Gasteiger partial charge in [0.2, 0.25) is 0 Å². The molecular weight excluding hydrogens is 290 g/mol. The van der Waals surface area contributed by atoms with Crippen LogP contribution in [0.25, 0.3) is 10.8 Å². The van der Waals surface area contributed by atoms with Gasteiger partial charge in [-0.3, -0.25) is 4.79 Å². The molecule has 1 aromatic carbocycles. The van der Waals surface area contributed by atoms with Gasteiger partial charge in [-0.15, -0.1) is 5.10 Å². The van der Waals surface area contributed by atoms with Crippen LogP contribution in [0.5, 0.6) is 0 Å². The smallest absolute Gasteiger partial charge is 0.263 e. The summed E-state index contributed by atoms with van der Waals surface area (Å²) < 4.78 is 5.75. The number of carbonyl (C=O) groups is 1. The number of likely N-dealkylation sites (N-methyl/N-ethyl adjacent to an activating group) is 1. The van der Waals surface area contributed by atoms with Gasteiger partial charge in [0.25, 0.3) is 5.91 Å². The lowest BCUT2D eigenvalue weighted by Crippen LogP contribution is -2.38. The van der Waals surface area contributed by atoms with E-state index in [-0.39, 0.29) is 5.91 Å². The van der Waals surface area contributed by atoms with Gasteiger partial charge in [-0.05, 0) is 32.9 Å². The van der Waals surface area contributed by atoms with Gasteiger partial charge in [-0.2, -0.15) is 5.10 Å². The summed E-state index contributed by atoms with van der Waals surface area (Å²) in [6.45, 7) is 5.99. The topological polar surface area (TPSA) is 55.3 Å². The van der Waals surface area contributed by atoms with Crippen LogP contribution in [0.1, 0.15) is 25.1 Å². The summed E-state index contributed by atoms with van der Waals surface area (Å²) in [6, 6.07) is 3.83. The number of aryl methyl sites for hydroxylation is 1. The van der Waals surface area contributed by atoms with Crippen molar-refractivity contribution in [2.24, 2.45) is 0 Å². The maximum absolute atomic E-state index is 12.6. The number of benzene rings is 1. The molecule has 0 fully saturated rings. The van der Waals surface area contributed by atoms with Crippen LogP contribution in [-0.4, -0.2) is 29.8 Å². The van der Waals surface area contributed by atoms with Gasteiger partial charge in [0.1, 0.15) is 0 Å². The first-order chi connectivity index (χ1) is 9.90. The molecule has 1 aliphatic rings. The molecule has 0 spiro atoms. The summed E-state index contributed by atoms with van der Waals surface area (Å²) in [5, 5.41) is 9.99. The Kier molecular flexibility index (Phi) is 3.15. The van der Waals surface area contributed by atoms with Crippen LogP contribution < -0.4 is 4.90 Å². The second kappa shape index (κ2) is 4.64. The van der Waals surface area contributed by atoms with E-state index in [9.17, 15) is 4.79 Å². The molecule has 21 heavy (non-hydrogen) atoms. The Bertz CT molecular complexity index is 762. The van der Waals surface area contributed by atoms with E-state index in [4.69, 9.17) is 16.3 Å². The predicted molar refractivity (Wildman–Crippen MR) is 81.7 cm³/mol. The minimum absolute atomic E-state index is 0.0793. The number of nitrogens with zero attached hydrogens (tertiary/aromatic N) is 3. The largest absolute Gasteiger partial charge is 0.361 e. The number of fused-ring (bicyclic) bond motifs is 2. The Morgan fingerprint density at radius 1 is 1.33 bits per heavy atom. The normalized spacial score (nSPS) is 21.2. The van der Waals surface area contributed by atoms with Gasteiger partial charge in [-0.25, -0.2) is 0 Å². The molecule has 1 atom stereocenters. The lowest BCUT2D eigenvalue weighted by molar-refractivity contribution is -0.140. The number of halogens is 1. The zero-order chi connectivity index (χ0) is 15.4. The summed E-state index contributed by atoms with van der Waals surface area (Å²) in [5.74, 6) is -0.0793. The van der Waals surface area contributed by atoms with Gasteiger partial charge in [0, 0.05) is 30.0 Å². The fourth-order valence-electron chi connectivity index (χ4n) is 2.92. The zero-order valence-corrected chi connectivity index (χ0v) is 13.2. The Balaban J connectivity index is 2.36. The van der Waals surface area contributed by atoms with E-state index in [1.54, 1.807) is 18.9 Å². The number of rotatable bonds is 2. The monoisotopic (exact) mass is 305 g/mol. The van der Waals surface area contributed by atoms with Crippen molar-refractivity contribution in [3.05, 3.63) is 28.5 Å². The van der Waals surface area contributed by atoms with Crippen LogP contribution in [0.2, 0.25) is 5.15 Å². The van der Waals surface area contributed by atoms with Crippen molar-refractivity contribution in [2.45, 2.75) is 26.4 Å². The quantitative estimate of drug-likeness (QED) is 0.856. The summed E-state index contributed by atoms with van der Waals surface area (Å²) in [6.07, 6.45) is 0. The SMILES string of the molecule is CCOC1(C)C(=O)N(C)c2cc3c(C)nnc(Cl)c3cc21. The molecule has 110 valence electrons. The Morgan fingerprint density at radius 3 is 2.71 bits per heavy atom. The first kappa shape index (κ1) is 14.2.